The first-order valence-electron chi connectivity index (χ1n) is 7.57. The summed E-state index contributed by atoms with van der Waals surface area (Å²) >= 11 is 0. The second-order valence-corrected chi connectivity index (χ2v) is 7.61. The third-order valence-corrected chi connectivity index (χ3v) is 4.65. The van der Waals surface area contributed by atoms with Gasteiger partial charge in [0.15, 0.2) is 0 Å². The molecule has 0 amide bonds. The average molecular weight is 275 g/mol. The lowest BCUT2D eigenvalue weighted by atomic mass is 9.77. The molecular weight excluding hydrogens is 246 g/mol. The molecule has 1 heterocycles. The van der Waals surface area contributed by atoms with E-state index in [0.717, 1.165) is 6.42 Å². The van der Waals surface area contributed by atoms with Crippen LogP contribution in [0.1, 0.15) is 62.4 Å². The van der Waals surface area contributed by atoms with E-state index in [1.165, 1.54) is 22.3 Å². The number of nitrogens with two attached hydrogens (primary N) is 1. The second-order valence-electron chi connectivity index (χ2n) is 7.61. The van der Waals surface area contributed by atoms with Crippen LogP contribution in [0.3, 0.4) is 0 Å². The van der Waals surface area contributed by atoms with Crippen LogP contribution in [-0.2, 0) is 4.74 Å². The highest BCUT2D eigenvalue weighted by molar-refractivity contribution is 5.40. The molecule has 2 atom stereocenters. The highest BCUT2D eigenvalue weighted by atomic mass is 16.5. The molecule has 1 aliphatic heterocycles. The Morgan fingerprint density at radius 1 is 1.10 bits per heavy atom. The van der Waals surface area contributed by atoms with Crippen LogP contribution >= 0.6 is 0 Å². The van der Waals surface area contributed by atoms with Crippen molar-refractivity contribution < 1.29 is 4.74 Å². The first kappa shape index (κ1) is 15.5. The van der Waals surface area contributed by atoms with Crippen molar-refractivity contribution in [3.63, 3.8) is 0 Å². The summed E-state index contributed by atoms with van der Waals surface area (Å²) in [6, 6.07) is 4.50. The van der Waals surface area contributed by atoms with Crippen molar-refractivity contribution in [1.82, 2.24) is 0 Å². The van der Waals surface area contributed by atoms with Gasteiger partial charge in [0.1, 0.15) is 0 Å². The normalized spacial score (nSPS) is 25.7. The Labute approximate surface area is 123 Å². The van der Waals surface area contributed by atoms with Crippen LogP contribution in [0.5, 0.6) is 0 Å². The van der Waals surface area contributed by atoms with E-state index in [1.807, 2.05) is 0 Å². The van der Waals surface area contributed by atoms with E-state index < -0.39 is 0 Å². The van der Waals surface area contributed by atoms with Crippen LogP contribution < -0.4 is 5.73 Å². The standard InChI is InChI=1S/C18H29NO/c1-11-8-12(2)15(13(3)9-11)16(19)14-10-17(4,5)20-18(14,6)7/h8-9,14,16H,10,19H2,1-7H3. The summed E-state index contributed by atoms with van der Waals surface area (Å²) in [5, 5.41) is 0. The van der Waals surface area contributed by atoms with Crippen molar-refractivity contribution >= 4 is 0 Å². The number of benzene rings is 1. The van der Waals surface area contributed by atoms with Crippen molar-refractivity contribution in [3.8, 4) is 0 Å². The molecule has 20 heavy (non-hydrogen) atoms. The van der Waals surface area contributed by atoms with Gasteiger partial charge >= 0.3 is 0 Å². The number of ether oxygens (including phenoxy) is 1. The van der Waals surface area contributed by atoms with Gasteiger partial charge in [0.05, 0.1) is 11.2 Å². The van der Waals surface area contributed by atoms with Crippen molar-refractivity contribution in [2.24, 2.45) is 11.7 Å². The minimum atomic E-state index is -0.174. The van der Waals surface area contributed by atoms with E-state index in [1.54, 1.807) is 0 Å². The molecule has 2 rings (SSSR count). The fraction of sp³-hybridized carbons (Fsp3) is 0.667. The molecule has 1 aromatic carbocycles. The summed E-state index contributed by atoms with van der Waals surface area (Å²) in [5.41, 5.74) is 11.6. The molecule has 0 aromatic heterocycles. The Balaban J connectivity index is 2.40. The maximum absolute atomic E-state index is 6.67. The molecule has 0 saturated carbocycles. The van der Waals surface area contributed by atoms with Gasteiger partial charge in [0, 0.05) is 12.0 Å². The number of hydrogen-bond acceptors (Lipinski definition) is 2. The van der Waals surface area contributed by atoms with Crippen LogP contribution in [0.25, 0.3) is 0 Å². The van der Waals surface area contributed by atoms with Crippen molar-refractivity contribution in [2.45, 2.75) is 72.1 Å². The van der Waals surface area contributed by atoms with Crippen LogP contribution in [0.15, 0.2) is 12.1 Å². The maximum Gasteiger partial charge on any atom is 0.0680 e. The zero-order valence-electron chi connectivity index (χ0n) is 14.0. The monoisotopic (exact) mass is 275 g/mol. The van der Waals surface area contributed by atoms with Gasteiger partial charge in [-0.2, -0.15) is 0 Å². The Bertz CT molecular complexity index is 493. The smallest absolute Gasteiger partial charge is 0.0680 e. The Kier molecular flexibility index (Phi) is 3.77. The van der Waals surface area contributed by atoms with Crippen LogP contribution in [0.4, 0.5) is 0 Å². The Hall–Kier alpha value is -0.860. The van der Waals surface area contributed by atoms with Crippen LogP contribution in [-0.4, -0.2) is 11.2 Å². The lowest BCUT2D eigenvalue weighted by molar-refractivity contribution is -0.0767. The molecule has 1 aromatic rings. The van der Waals surface area contributed by atoms with E-state index in [-0.39, 0.29) is 17.2 Å². The fourth-order valence-corrected chi connectivity index (χ4v) is 4.08. The lowest BCUT2D eigenvalue weighted by Crippen LogP contribution is -2.36. The summed E-state index contributed by atoms with van der Waals surface area (Å²) in [5.74, 6) is 0.345. The molecule has 2 nitrogen and oxygen atoms in total. The summed E-state index contributed by atoms with van der Waals surface area (Å²) in [7, 11) is 0. The lowest BCUT2D eigenvalue weighted by Gasteiger charge is -2.32. The Morgan fingerprint density at radius 3 is 2.00 bits per heavy atom. The van der Waals surface area contributed by atoms with E-state index in [0.29, 0.717) is 5.92 Å². The predicted molar refractivity (Wildman–Crippen MR) is 84.9 cm³/mol. The minimum absolute atomic E-state index is 0.0346. The first-order valence-corrected chi connectivity index (χ1v) is 7.57. The molecule has 112 valence electrons. The van der Waals surface area contributed by atoms with E-state index in [2.05, 4.69) is 60.6 Å². The third-order valence-electron chi connectivity index (χ3n) is 4.65. The van der Waals surface area contributed by atoms with Gasteiger partial charge in [0.25, 0.3) is 0 Å². The largest absolute Gasteiger partial charge is 0.369 e. The van der Waals surface area contributed by atoms with Crippen molar-refractivity contribution in [2.75, 3.05) is 0 Å². The fourth-order valence-electron chi connectivity index (χ4n) is 4.08. The number of hydrogen-bond donors (Lipinski definition) is 1. The van der Waals surface area contributed by atoms with Gasteiger partial charge in [0.2, 0.25) is 0 Å². The van der Waals surface area contributed by atoms with Gasteiger partial charge < -0.3 is 10.5 Å². The molecule has 0 radical (unpaired) electrons. The van der Waals surface area contributed by atoms with Crippen molar-refractivity contribution in [3.05, 3.63) is 34.4 Å². The molecule has 0 spiro atoms. The average Bonchev–Trinajstić information content (AvgIpc) is 2.44. The molecule has 1 aliphatic rings. The zero-order valence-corrected chi connectivity index (χ0v) is 14.0. The molecule has 1 fully saturated rings. The summed E-state index contributed by atoms with van der Waals surface area (Å²) < 4.78 is 6.21. The molecular formula is C18H29NO. The van der Waals surface area contributed by atoms with Gasteiger partial charge in [-0.25, -0.2) is 0 Å². The van der Waals surface area contributed by atoms with Gasteiger partial charge in [-0.05, 0) is 71.6 Å². The molecule has 2 unspecified atom stereocenters. The topological polar surface area (TPSA) is 35.2 Å². The third kappa shape index (κ3) is 2.77. The van der Waals surface area contributed by atoms with Crippen LogP contribution in [0.2, 0.25) is 0 Å². The van der Waals surface area contributed by atoms with E-state index in [4.69, 9.17) is 10.5 Å². The van der Waals surface area contributed by atoms with Gasteiger partial charge in [-0.1, -0.05) is 17.7 Å². The maximum atomic E-state index is 6.67. The molecule has 2 heteroatoms. The molecule has 2 N–H and O–H groups in total. The Morgan fingerprint density at radius 2 is 1.60 bits per heavy atom. The minimum Gasteiger partial charge on any atom is -0.369 e. The highest BCUT2D eigenvalue weighted by Gasteiger charge is 2.48. The quantitative estimate of drug-likeness (QED) is 0.877. The highest BCUT2D eigenvalue weighted by Crippen LogP contribution is 2.47. The molecule has 0 aliphatic carbocycles. The number of rotatable bonds is 2. The predicted octanol–water partition coefficient (Wildman–Crippen LogP) is 4.21. The van der Waals surface area contributed by atoms with Crippen LogP contribution in [0, 0.1) is 26.7 Å². The zero-order chi connectivity index (χ0) is 15.3. The molecule has 1 saturated heterocycles. The van der Waals surface area contributed by atoms with Crippen molar-refractivity contribution in [1.29, 1.82) is 0 Å². The first-order chi connectivity index (χ1) is 9.03. The van der Waals surface area contributed by atoms with E-state index >= 15 is 0 Å². The summed E-state index contributed by atoms with van der Waals surface area (Å²) in [4.78, 5) is 0. The SMILES string of the molecule is Cc1cc(C)c(C(N)C2CC(C)(C)OC2(C)C)c(C)c1. The van der Waals surface area contributed by atoms with E-state index in [9.17, 15) is 0 Å². The van der Waals surface area contributed by atoms with Gasteiger partial charge in [-0.15, -0.1) is 0 Å². The second kappa shape index (κ2) is 4.85. The summed E-state index contributed by atoms with van der Waals surface area (Å²) in [6.07, 6.45) is 1.01. The summed E-state index contributed by atoms with van der Waals surface area (Å²) in [6.45, 7) is 15.1. The molecule has 0 bridgehead atoms. The number of aryl methyl sites for hydroxylation is 3. The van der Waals surface area contributed by atoms with Gasteiger partial charge in [-0.3, -0.25) is 0 Å².